The molecule has 0 amide bonds. The lowest BCUT2D eigenvalue weighted by atomic mass is 10.0. The summed E-state index contributed by atoms with van der Waals surface area (Å²) in [5.74, 6) is 1.89. The Morgan fingerprint density at radius 2 is 1.68 bits per heavy atom. The molecule has 3 nitrogen and oxygen atoms in total. The molecular weight excluding hydrogens is 352 g/mol. The maximum atomic E-state index is 5.82. The summed E-state index contributed by atoms with van der Waals surface area (Å²) in [6, 6.07) is 18.5. The van der Waals surface area contributed by atoms with Gasteiger partial charge in [0, 0.05) is 17.7 Å². The molecule has 0 saturated carbocycles. The highest BCUT2D eigenvalue weighted by Gasteiger charge is 2.17. The number of nitrogens with zero attached hydrogens (tertiary/aromatic N) is 2. The van der Waals surface area contributed by atoms with Crippen molar-refractivity contribution in [3.8, 4) is 16.9 Å². The van der Waals surface area contributed by atoms with E-state index in [0.29, 0.717) is 0 Å². The second-order valence-corrected chi connectivity index (χ2v) is 6.94. The molecule has 0 fully saturated rings. The predicted octanol–water partition coefficient (Wildman–Crippen LogP) is 4.99. The van der Waals surface area contributed by atoms with Gasteiger partial charge in [0.25, 0.3) is 0 Å². The van der Waals surface area contributed by atoms with Crippen LogP contribution >= 0.6 is 24.2 Å². The Kier molecular flexibility index (Phi) is 7.12. The van der Waals surface area contributed by atoms with Crippen LogP contribution in [-0.2, 0) is 0 Å². The van der Waals surface area contributed by atoms with Crippen LogP contribution in [0.2, 0.25) is 0 Å². The molecule has 5 heteroatoms. The fraction of sp³-hybridized carbons (Fsp3) is 0.250. The number of methoxy groups -OCH3 is 1. The second kappa shape index (κ2) is 9.09. The Hall–Kier alpha value is -1.75. The zero-order chi connectivity index (χ0) is 16.9. The number of fused-ring (bicyclic) bond motifs is 1. The molecule has 3 aromatic rings. The van der Waals surface area contributed by atoms with E-state index >= 15 is 0 Å². The van der Waals surface area contributed by atoms with Crippen LogP contribution < -0.4 is 4.74 Å². The molecule has 2 aromatic carbocycles. The summed E-state index contributed by atoms with van der Waals surface area (Å²) in [5.41, 5.74) is 3.20. The average Bonchev–Trinajstić information content (AvgIpc) is 2.61. The van der Waals surface area contributed by atoms with Gasteiger partial charge in [-0.3, -0.25) is 0 Å². The van der Waals surface area contributed by atoms with E-state index < -0.39 is 0 Å². The molecule has 0 radical (unpaired) electrons. The number of hydrogen-bond acceptors (Lipinski definition) is 4. The Bertz CT molecular complexity index is 825. The minimum atomic E-state index is 0. The van der Waals surface area contributed by atoms with Gasteiger partial charge in [0.15, 0.2) is 0 Å². The lowest BCUT2D eigenvalue weighted by Gasteiger charge is -2.17. The molecular formula is C20H23ClN2OS. The first kappa shape index (κ1) is 19.6. The van der Waals surface area contributed by atoms with Gasteiger partial charge in [0.1, 0.15) is 10.8 Å². The smallest absolute Gasteiger partial charge is 0.138 e. The van der Waals surface area contributed by atoms with Crippen LogP contribution in [0.25, 0.3) is 22.0 Å². The molecule has 0 aliphatic rings. The van der Waals surface area contributed by atoms with Gasteiger partial charge in [-0.1, -0.05) is 42.5 Å². The largest absolute Gasteiger partial charge is 0.495 e. The number of hydrogen-bond donors (Lipinski definition) is 0. The van der Waals surface area contributed by atoms with E-state index in [1.54, 1.807) is 18.9 Å². The first-order valence-corrected chi connectivity index (χ1v) is 8.99. The number of ether oxygens (including phenoxy) is 1. The van der Waals surface area contributed by atoms with Crippen LogP contribution in [0, 0.1) is 0 Å². The van der Waals surface area contributed by atoms with Crippen molar-refractivity contribution in [2.45, 2.75) is 5.03 Å². The third-order valence-corrected chi connectivity index (χ3v) is 4.81. The zero-order valence-electron chi connectivity index (χ0n) is 14.7. The molecule has 0 N–H and O–H groups in total. The third-order valence-electron chi connectivity index (χ3n) is 3.86. The van der Waals surface area contributed by atoms with E-state index in [-0.39, 0.29) is 12.4 Å². The summed E-state index contributed by atoms with van der Waals surface area (Å²) in [6.07, 6.45) is 0. The molecule has 0 saturated heterocycles. The van der Waals surface area contributed by atoms with Crippen LogP contribution in [0.3, 0.4) is 0 Å². The van der Waals surface area contributed by atoms with Crippen molar-refractivity contribution < 1.29 is 4.74 Å². The first-order valence-electron chi connectivity index (χ1n) is 8.00. The summed E-state index contributed by atoms with van der Waals surface area (Å²) < 4.78 is 5.82. The monoisotopic (exact) mass is 374 g/mol. The standard InChI is InChI=1S/C20H22N2OS.ClH/c1-22(2)13-14-24-20-18(15-9-5-4-6-10-15)19(23-3)16-11-7-8-12-17(16)21-20;/h4-12H,13-14H2,1-3H3;1H. The molecule has 0 unspecified atom stereocenters. The van der Waals surface area contributed by atoms with E-state index in [0.717, 1.165) is 45.1 Å². The van der Waals surface area contributed by atoms with Crippen molar-refractivity contribution in [3.05, 3.63) is 54.6 Å². The zero-order valence-corrected chi connectivity index (χ0v) is 16.4. The summed E-state index contributed by atoms with van der Waals surface area (Å²) in [4.78, 5) is 7.11. The number of pyridine rings is 1. The molecule has 25 heavy (non-hydrogen) atoms. The summed E-state index contributed by atoms with van der Waals surface area (Å²) in [6.45, 7) is 1.01. The van der Waals surface area contributed by atoms with E-state index in [1.165, 1.54) is 0 Å². The van der Waals surface area contributed by atoms with E-state index in [2.05, 4.69) is 49.3 Å². The van der Waals surface area contributed by atoms with Gasteiger partial charge in [0.2, 0.25) is 0 Å². The quantitative estimate of drug-likeness (QED) is 0.568. The van der Waals surface area contributed by atoms with Crippen molar-refractivity contribution in [1.82, 2.24) is 9.88 Å². The molecule has 1 heterocycles. The summed E-state index contributed by atoms with van der Waals surface area (Å²) in [5, 5.41) is 2.08. The van der Waals surface area contributed by atoms with E-state index in [9.17, 15) is 0 Å². The average molecular weight is 375 g/mol. The molecule has 0 atom stereocenters. The van der Waals surface area contributed by atoms with Crippen LogP contribution in [0.4, 0.5) is 0 Å². The number of halogens is 1. The minimum Gasteiger partial charge on any atom is -0.495 e. The first-order chi connectivity index (χ1) is 11.7. The van der Waals surface area contributed by atoms with Gasteiger partial charge in [-0.25, -0.2) is 4.98 Å². The Morgan fingerprint density at radius 1 is 1.00 bits per heavy atom. The van der Waals surface area contributed by atoms with Gasteiger partial charge in [-0.2, -0.15) is 0 Å². The number of rotatable bonds is 6. The van der Waals surface area contributed by atoms with Crippen LogP contribution in [0.15, 0.2) is 59.6 Å². The lowest BCUT2D eigenvalue weighted by Crippen LogP contribution is -2.14. The van der Waals surface area contributed by atoms with Gasteiger partial charge < -0.3 is 9.64 Å². The molecule has 0 spiro atoms. The van der Waals surface area contributed by atoms with Crippen LogP contribution in [0.1, 0.15) is 0 Å². The van der Waals surface area contributed by atoms with E-state index in [1.807, 2.05) is 24.3 Å². The highest BCUT2D eigenvalue weighted by atomic mass is 35.5. The fourth-order valence-corrected chi connectivity index (χ4v) is 3.83. The molecule has 0 bridgehead atoms. The third kappa shape index (κ3) is 4.46. The molecule has 3 rings (SSSR count). The maximum absolute atomic E-state index is 5.82. The van der Waals surface area contributed by atoms with Crippen molar-refractivity contribution >= 4 is 35.1 Å². The predicted molar refractivity (Wildman–Crippen MR) is 110 cm³/mol. The topological polar surface area (TPSA) is 25.4 Å². The van der Waals surface area contributed by atoms with Crippen molar-refractivity contribution in [2.75, 3.05) is 33.5 Å². The SMILES string of the molecule is COc1c(-c2ccccc2)c(SCCN(C)C)nc2ccccc12.Cl. The molecule has 0 aliphatic heterocycles. The minimum absolute atomic E-state index is 0. The number of aromatic nitrogens is 1. The Labute approximate surface area is 159 Å². The molecule has 1 aromatic heterocycles. The highest BCUT2D eigenvalue weighted by Crippen LogP contribution is 2.41. The fourth-order valence-electron chi connectivity index (χ4n) is 2.66. The lowest BCUT2D eigenvalue weighted by molar-refractivity contribution is 0.420. The summed E-state index contributed by atoms with van der Waals surface area (Å²) in [7, 11) is 5.92. The van der Waals surface area contributed by atoms with Gasteiger partial charge >= 0.3 is 0 Å². The normalized spacial score (nSPS) is 10.7. The van der Waals surface area contributed by atoms with E-state index in [4.69, 9.17) is 9.72 Å². The van der Waals surface area contributed by atoms with Crippen molar-refractivity contribution in [1.29, 1.82) is 0 Å². The number of para-hydroxylation sites is 1. The molecule has 0 aliphatic carbocycles. The van der Waals surface area contributed by atoms with Gasteiger partial charge in [0.05, 0.1) is 18.2 Å². The van der Waals surface area contributed by atoms with Crippen molar-refractivity contribution in [2.24, 2.45) is 0 Å². The number of benzene rings is 2. The highest BCUT2D eigenvalue weighted by molar-refractivity contribution is 7.99. The van der Waals surface area contributed by atoms with Crippen molar-refractivity contribution in [3.63, 3.8) is 0 Å². The maximum Gasteiger partial charge on any atom is 0.138 e. The Morgan fingerprint density at radius 3 is 2.36 bits per heavy atom. The Balaban J connectivity index is 0.00000225. The molecule has 132 valence electrons. The second-order valence-electron chi connectivity index (χ2n) is 5.86. The van der Waals surface area contributed by atoms with Crippen LogP contribution in [0.5, 0.6) is 5.75 Å². The number of thioether (sulfide) groups is 1. The summed E-state index contributed by atoms with van der Waals surface area (Å²) >= 11 is 1.78. The van der Waals surface area contributed by atoms with Gasteiger partial charge in [-0.05, 0) is 31.8 Å². The van der Waals surface area contributed by atoms with Gasteiger partial charge in [-0.15, -0.1) is 24.2 Å². The van der Waals surface area contributed by atoms with Crippen LogP contribution in [-0.4, -0.2) is 43.4 Å².